The topological polar surface area (TPSA) is 83.6 Å². The number of methoxy groups -OCH3 is 1. The number of urea groups is 1. The van der Waals surface area contributed by atoms with Gasteiger partial charge in [0.05, 0.1) is 18.4 Å². The average molecular weight is 368 g/mol. The van der Waals surface area contributed by atoms with Gasteiger partial charge in [0.2, 0.25) is 0 Å². The molecule has 7 heteroatoms. The number of ether oxygens (including phenoxy) is 1. The minimum Gasteiger partial charge on any atom is -0.495 e. The van der Waals surface area contributed by atoms with Gasteiger partial charge >= 0.3 is 6.03 Å². The Morgan fingerprint density at radius 1 is 1.19 bits per heavy atom. The van der Waals surface area contributed by atoms with Crippen LogP contribution in [-0.4, -0.2) is 48.6 Å². The molecule has 0 aliphatic carbocycles. The van der Waals surface area contributed by atoms with E-state index < -0.39 is 0 Å². The zero-order valence-corrected chi connectivity index (χ0v) is 15.4. The van der Waals surface area contributed by atoms with Gasteiger partial charge in [0, 0.05) is 32.0 Å². The second kappa shape index (κ2) is 9.02. The van der Waals surface area contributed by atoms with Crippen molar-refractivity contribution in [3.63, 3.8) is 0 Å². The summed E-state index contributed by atoms with van der Waals surface area (Å²) >= 11 is 0. The summed E-state index contributed by atoms with van der Waals surface area (Å²) < 4.78 is 5.26. The normalized spacial score (nSPS) is 14.5. The summed E-state index contributed by atoms with van der Waals surface area (Å²) in [4.78, 5) is 30.3. The highest BCUT2D eigenvalue weighted by atomic mass is 16.5. The molecule has 3 amide bonds. The third kappa shape index (κ3) is 4.97. The van der Waals surface area contributed by atoms with Crippen molar-refractivity contribution >= 4 is 17.6 Å². The molecular formula is C20H24N4O3. The van der Waals surface area contributed by atoms with Crippen LogP contribution in [0.2, 0.25) is 0 Å². The van der Waals surface area contributed by atoms with Crippen LogP contribution in [0.25, 0.3) is 0 Å². The number of hydrogen-bond donors (Lipinski definition) is 2. The molecule has 3 rings (SSSR count). The monoisotopic (exact) mass is 368 g/mol. The number of carbonyl (C=O) groups is 2. The quantitative estimate of drug-likeness (QED) is 0.850. The van der Waals surface area contributed by atoms with Crippen LogP contribution in [0.5, 0.6) is 5.75 Å². The van der Waals surface area contributed by atoms with Crippen LogP contribution in [0.4, 0.5) is 10.5 Å². The van der Waals surface area contributed by atoms with E-state index in [0.29, 0.717) is 42.6 Å². The summed E-state index contributed by atoms with van der Waals surface area (Å²) in [5.74, 6) is 0.888. The number of rotatable bonds is 5. The summed E-state index contributed by atoms with van der Waals surface area (Å²) in [5.41, 5.74) is 1.22. The van der Waals surface area contributed by atoms with Gasteiger partial charge in [-0.25, -0.2) is 4.79 Å². The lowest BCUT2D eigenvalue weighted by Gasteiger charge is -2.32. The Balaban J connectivity index is 1.44. The first-order valence-corrected chi connectivity index (χ1v) is 9.04. The first-order valence-electron chi connectivity index (χ1n) is 9.04. The molecule has 0 unspecified atom stereocenters. The molecule has 1 saturated heterocycles. The van der Waals surface area contributed by atoms with E-state index >= 15 is 0 Å². The Bertz CT molecular complexity index is 774. The molecule has 2 aromatic rings. The van der Waals surface area contributed by atoms with Crippen LogP contribution in [0, 0.1) is 5.92 Å². The number of para-hydroxylation sites is 2. The number of aromatic nitrogens is 1. The second-order valence-corrected chi connectivity index (χ2v) is 6.51. The third-order valence-corrected chi connectivity index (χ3v) is 4.73. The van der Waals surface area contributed by atoms with E-state index in [1.165, 1.54) is 0 Å². The SMILES string of the molecule is COc1ccccc1NC(=O)N1CCC(CNC(=O)c2cccnc2)CC1. The van der Waals surface area contributed by atoms with Gasteiger partial charge in [-0.1, -0.05) is 12.1 Å². The summed E-state index contributed by atoms with van der Waals surface area (Å²) in [6.07, 6.45) is 4.90. The van der Waals surface area contributed by atoms with E-state index in [9.17, 15) is 9.59 Å². The largest absolute Gasteiger partial charge is 0.495 e. The molecule has 0 spiro atoms. The maximum Gasteiger partial charge on any atom is 0.321 e. The minimum absolute atomic E-state index is 0.112. The van der Waals surface area contributed by atoms with Crippen LogP contribution < -0.4 is 15.4 Å². The molecule has 1 aromatic carbocycles. The van der Waals surface area contributed by atoms with E-state index in [1.807, 2.05) is 24.3 Å². The molecule has 0 saturated carbocycles. The number of nitrogens with one attached hydrogen (secondary N) is 2. The van der Waals surface area contributed by atoms with Crippen molar-refractivity contribution in [1.29, 1.82) is 0 Å². The Kier molecular flexibility index (Phi) is 6.25. The van der Waals surface area contributed by atoms with Crippen molar-refractivity contribution in [2.24, 2.45) is 5.92 Å². The first-order chi connectivity index (χ1) is 13.2. The molecule has 0 radical (unpaired) electrons. The Hall–Kier alpha value is -3.09. The molecule has 2 heterocycles. The van der Waals surface area contributed by atoms with Gasteiger partial charge in [-0.05, 0) is 43.0 Å². The molecule has 7 nitrogen and oxygen atoms in total. The molecular weight excluding hydrogens is 344 g/mol. The zero-order chi connectivity index (χ0) is 19.1. The first kappa shape index (κ1) is 18.7. The van der Waals surface area contributed by atoms with Crippen LogP contribution in [0.3, 0.4) is 0 Å². The molecule has 142 valence electrons. The summed E-state index contributed by atoms with van der Waals surface area (Å²) in [7, 11) is 1.58. The summed E-state index contributed by atoms with van der Waals surface area (Å²) in [6, 6.07) is 10.7. The zero-order valence-electron chi connectivity index (χ0n) is 15.4. The van der Waals surface area contributed by atoms with E-state index in [4.69, 9.17) is 4.74 Å². The summed E-state index contributed by atoms with van der Waals surface area (Å²) in [5, 5.41) is 5.86. The minimum atomic E-state index is -0.127. The van der Waals surface area contributed by atoms with Crippen LogP contribution in [0.1, 0.15) is 23.2 Å². The van der Waals surface area contributed by atoms with Gasteiger partial charge in [-0.2, -0.15) is 0 Å². The predicted molar refractivity (Wildman–Crippen MR) is 103 cm³/mol. The van der Waals surface area contributed by atoms with Gasteiger partial charge in [0.1, 0.15) is 5.75 Å². The standard InChI is InChI=1S/C20H24N4O3/c1-27-18-7-3-2-6-17(18)23-20(26)24-11-8-15(9-12-24)13-22-19(25)16-5-4-10-21-14-16/h2-7,10,14-15H,8-9,11-13H2,1H3,(H,22,25)(H,23,26). The molecule has 2 N–H and O–H groups in total. The van der Waals surface area contributed by atoms with E-state index in [0.717, 1.165) is 12.8 Å². The molecule has 1 aromatic heterocycles. The molecule has 1 aliphatic rings. The highest BCUT2D eigenvalue weighted by Gasteiger charge is 2.23. The Morgan fingerprint density at radius 3 is 2.67 bits per heavy atom. The van der Waals surface area contributed by atoms with Gasteiger partial charge < -0.3 is 20.3 Å². The van der Waals surface area contributed by atoms with Gasteiger partial charge in [0.15, 0.2) is 0 Å². The lowest BCUT2D eigenvalue weighted by atomic mass is 9.97. The fourth-order valence-corrected chi connectivity index (χ4v) is 3.12. The number of anilines is 1. The fourth-order valence-electron chi connectivity index (χ4n) is 3.12. The van der Waals surface area contributed by atoms with E-state index in [1.54, 1.807) is 36.5 Å². The third-order valence-electron chi connectivity index (χ3n) is 4.73. The number of pyridine rings is 1. The molecule has 0 atom stereocenters. The average Bonchev–Trinajstić information content (AvgIpc) is 2.73. The molecule has 0 bridgehead atoms. The number of amides is 3. The highest BCUT2D eigenvalue weighted by molar-refractivity contribution is 5.93. The predicted octanol–water partition coefficient (Wildman–Crippen LogP) is 2.76. The number of benzene rings is 1. The Morgan fingerprint density at radius 2 is 1.96 bits per heavy atom. The van der Waals surface area contributed by atoms with Gasteiger partial charge in [0.25, 0.3) is 5.91 Å². The summed E-state index contributed by atoms with van der Waals surface area (Å²) in [6.45, 7) is 1.93. The molecule has 1 fully saturated rings. The maximum atomic E-state index is 12.5. The van der Waals surface area contributed by atoms with Gasteiger partial charge in [-0.15, -0.1) is 0 Å². The number of likely N-dealkylation sites (tertiary alicyclic amines) is 1. The van der Waals surface area contributed by atoms with Crippen LogP contribution >= 0.6 is 0 Å². The molecule has 27 heavy (non-hydrogen) atoms. The van der Waals surface area contributed by atoms with Crippen LogP contribution in [-0.2, 0) is 0 Å². The van der Waals surface area contributed by atoms with Crippen molar-refractivity contribution in [3.05, 3.63) is 54.4 Å². The Labute approximate surface area is 158 Å². The van der Waals surface area contributed by atoms with E-state index in [2.05, 4.69) is 15.6 Å². The molecule has 1 aliphatic heterocycles. The number of hydrogen-bond acceptors (Lipinski definition) is 4. The van der Waals surface area contributed by atoms with Crippen molar-refractivity contribution in [2.45, 2.75) is 12.8 Å². The van der Waals surface area contributed by atoms with Gasteiger partial charge in [-0.3, -0.25) is 9.78 Å². The van der Waals surface area contributed by atoms with E-state index in [-0.39, 0.29) is 11.9 Å². The fraction of sp³-hybridized carbons (Fsp3) is 0.350. The van der Waals surface area contributed by atoms with Crippen molar-refractivity contribution < 1.29 is 14.3 Å². The second-order valence-electron chi connectivity index (χ2n) is 6.51. The number of piperidine rings is 1. The number of carbonyl (C=O) groups excluding carboxylic acids is 2. The van der Waals surface area contributed by atoms with Crippen molar-refractivity contribution in [2.75, 3.05) is 32.1 Å². The maximum absolute atomic E-state index is 12.5. The highest BCUT2D eigenvalue weighted by Crippen LogP contribution is 2.24. The smallest absolute Gasteiger partial charge is 0.321 e. The van der Waals surface area contributed by atoms with Crippen molar-refractivity contribution in [1.82, 2.24) is 15.2 Å². The number of nitrogens with zero attached hydrogens (tertiary/aromatic N) is 2. The lowest BCUT2D eigenvalue weighted by molar-refractivity contribution is 0.0938. The van der Waals surface area contributed by atoms with Crippen LogP contribution in [0.15, 0.2) is 48.8 Å². The lowest BCUT2D eigenvalue weighted by Crippen LogP contribution is -2.43. The van der Waals surface area contributed by atoms with Crippen molar-refractivity contribution in [3.8, 4) is 5.75 Å².